The average Bonchev–Trinajstić information content (AvgIpc) is 3.16. The first-order chi connectivity index (χ1) is 13.4. The van der Waals surface area contributed by atoms with Crippen molar-refractivity contribution >= 4 is 27.3 Å². The van der Waals surface area contributed by atoms with Gasteiger partial charge in [-0.15, -0.1) is 11.3 Å². The molecule has 0 amide bonds. The van der Waals surface area contributed by atoms with Crippen LogP contribution in [0.1, 0.15) is 24.3 Å². The number of benzene rings is 1. The van der Waals surface area contributed by atoms with Gasteiger partial charge in [-0.1, -0.05) is 32.0 Å². The molecule has 6 nitrogen and oxygen atoms in total. The van der Waals surface area contributed by atoms with Crippen LogP contribution in [0.25, 0.3) is 0 Å². The Bertz CT molecular complexity index is 893. The molecule has 2 aromatic rings. The molecule has 2 N–H and O–H groups in total. The fraction of sp³-hybridized carbons (Fsp3) is 0.421. The summed E-state index contributed by atoms with van der Waals surface area (Å²) >= 11 is 1.29. The Kier molecular flexibility index (Phi) is 8.40. The smallest absolute Gasteiger partial charge is 0.252 e. The first-order valence-electron chi connectivity index (χ1n) is 9.19. The van der Waals surface area contributed by atoms with E-state index in [0.717, 1.165) is 4.88 Å². The third kappa shape index (κ3) is 5.76. The zero-order chi connectivity index (χ0) is 20.6. The normalized spacial score (nSPS) is 12.4. The second kappa shape index (κ2) is 10.5. The van der Waals surface area contributed by atoms with Crippen molar-refractivity contribution in [1.29, 1.82) is 0 Å². The number of sulfonamides is 1. The van der Waals surface area contributed by atoms with Crippen molar-refractivity contribution in [3.05, 3.63) is 52.7 Å². The summed E-state index contributed by atoms with van der Waals surface area (Å²) in [5.74, 6) is 0.307. The summed E-state index contributed by atoms with van der Waals surface area (Å²) in [5.41, 5.74) is 0.565. The number of nitrogens with zero attached hydrogens (tertiary/aromatic N) is 2. The molecule has 0 radical (unpaired) electrons. The maximum absolute atomic E-state index is 13.7. The average molecular weight is 427 g/mol. The summed E-state index contributed by atoms with van der Waals surface area (Å²) in [6, 6.07) is 10.1. The molecule has 28 heavy (non-hydrogen) atoms. The molecule has 0 aliphatic carbocycles. The minimum Gasteiger partial charge on any atom is -0.356 e. The summed E-state index contributed by atoms with van der Waals surface area (Å²) < 4.78 is 40.6. The SMILES string of the molecule is CCN(CC)S(=O)(=O)c1ccc(CCNC(=NC)NCc2ccccc2F)s1. The van der Waals surface area contributed by atoms with Crippen LogP contribution in [-0.2, 0) is 23.0 Å². The highest BCUT2D eigenvalue weighted by molar-refractivity contribution is 7.91. The van der Waals surface area contributed by atoms with E-state index in [0.29, 0.717) is 48.3 Å². The Morgan fingerprint density at radius 2 is 1.86 bits per heavy atom. The molecule has 0 aliphatic heterocycles. The fourth-order valence-electron chi connectivity index (χ4n) is 2.67. The van der Waals surface area contributed by atoms with Crippen LogP contribution in [-0.4, -0.2) is 45.4 Å². The number of halogens is 1. The maximum atomic E-state index is 13.7. The molecule has 1 aromatic heterocycles. The van der Waals surface area contributed by atoms with Crippen LogP contribution in [0.5, 0.6) is 0 Å². The molecule has 154 valence electrons. The molecular weight excluding hydrogens is 399 g/mol. The van der Waals surface area contributed by atoms with E-state index in [-0.39, 0.29) is 5.82 Å². The van der Waals surface area contributed by atoms with Crippen molar-refractivity contribution in [2.75, 3.05) is 26.7 Å². The Hall–Kier alpha value is -1.97. The van der Waals surface area contributed by atoms with Crippen molar-refractivity contribution in [1.82, 2.24) is 14.9 Å². The van der Waals surface area contributed by atoms with E-state index < -0.39 is 10.0 Å². The summed E-state index contributed by atoms with van der Waals surface area (Å²) in [6.07, 6.45) is 0.666. The molecule has 1 heterocycles. The van der Waals surface area contributed by atoms with Crippen LogP contribution < -0.4 is 10.6 Å². The molecule has 2 rings (SSSR count). The highest BCUT2D eigenvalue weighted by Crippen LogP contribution is 2.25. The van der Waals surface area contributed by atoms with Crippen LogP contribution >= 0.6 is 11.3 Å². The predicted octanol–water partition coefficient (Wildman–Crippen LogP) is 2.83. The van der Waals surface area contributed by atoms with Crippen LogP contribution in [0.4, 0.5) is 4.39 Å². The molecule has 9 heteroatoms. The van der Waals surface area contributed by atoms with Crippen LogP contribution in [0.2, 0.25) is 0 Å². The lowest BCUT2D eigenvalue weighted by atomic mass is 10.2. The van der Waals surface area contributed by atoms with Gasteiger partial charge in [-0.3, -0.25) is 4.99 Å². The lowest BCUT2D eigenvalue weighted by Gasteiger charge is -2.16. The lowest BCUT2D eigenvalue weighted by molar-refractivity contribution is 0.447. The van der Waals surface area contributed by atoms with Crippen molar-refractivity contribution in [2.24, 2.45) is 4.99 Å². The molecule has 0 unspecified atom stereocenters. The second-order valence-corrected chi connectivity index (χ2v) is 9.34. The van der Waals surface area contributed by atoms with E-state index in [1.165, 1.54) is 21.7 Å². The maximum Gasteiger partial charge on any atom is 0.252 e. The van der Waals surface area contributed by atoms with Crippen molar-refractivity contribution in [3.63, 3.8) is 0 Å². The van der Waals surface area contributed by atoms with E-state index >= 15 is 0 Å². The zero-order valence-electron chi connectivity index (χ0n) is 16.4. The number of thiophene rings is 1. The highest BCUT2D eigenvalue weighted by atomic mass is 32.2. The number of hydrogen-bond acceptors (Lipinski definition) is 4. The first kappa shape index (κ1) is 22.3. The van der Waals surface area contributed by atoms with Gasteiger partial charge in [-0.2, -0.15) is 4.31 Å². The van der Waals surface area contributed by atoms with Gasteiger partial charge >= 0.3 is 0 Å². The molecule has 0 atom stereocenters. The summed E-state index contributed by atoms with van der Waals surface area (Å²) in [5, 5.41) is 6.24. The minimum absolute atomic E-state index is 0.258. The number of hydrogen-bond donors (Lipinski definition) is 2. The Balaban J connectivity index is 1.87. The summed E-state index contributed by atoms with van der Waals surface area (Å²) in [7, 11) is -1.76. The van der Waals surface area contributed by atoms with Gasteiger partial charge in [-0.25, -0.2) is 12.8 Å². The minimum atomic E-state index is -3.41. The van der Waals surface area contributed by atoms with Crippen molar-refractivity contribution < 1.29 is 12.8 Å². The molecule has 1 aromatic carbocycles. The molecule has 0 fully saturated rings. The van der Waals surface area contributed by atoms with Crippen LogP contribution in [0.3, 0.4) is 0 Å². The van der Waals surface area contributed by atoms with Crippen molar-refractivity contribution in [2.45, 2.75) is 31.0 Å². The predicted molar refractivity (Wildman–Crippen MR) is 113 cm³/mol. The molecular formula is C19H27FN4O2S2. The first-order valence-corrected chi connectivity index (χ1v) is 11.4. The Morgan fingerprint density at radius 1 is 1.14 bits per heavy atom. The third-order valence-corrected chi connectivity index (χ3v) is 7.89. The van der Waals surface area contributed by atoms with E-state index in [1.807, 2.05) is 19.9 Å². The summed E-state index contributed by atoms with van der Waals surface area (Å²) in [4.78, 5) is 5.10. The Labute approximate surface area is 170 Å². The topological polar surface area (TPSA) is 73.8 Å². The van der Waals surface area contributed by atoms with Gasteiger partial charge in [-0.05, 0) is 24.6 Å². The third-order valence-electron chi connectivity index (χ3n) is 4.23. The van der Waals surface area contributed by atoms with E-state index in [2.05, 4.69) is 15.6 Å². The fourth-order valence-corrected chi connectivity index (χ4v) is 5.64. The van der Waals surface area contributed by atoms with E-state index in [4.69, 9.17) is 0 Å². The monoisotopic (exact) mass is 426 g/mol. The largest absolute Gasteiger partial charge is 0.356 e. The second-order valence-electron chi connectivity index (χ2n) is 6.00. The zero-order valence-corrected chi connectivity index (χ0v) is 18.0. The Morgan fingerprint density at radius 3 is 2.50 bits per heavy atom. The standard InChI is InChI=1S/C19H27FN4O2S2/c1-4-24(5-2)28(25,26)18-11-10-16(27-18)12-13-22-19(21-3)23-14-15-8-6-7-9-17(15)20/h6-11H,4-5,12-14H2,1-3H3,(H2,21,22,23). The van der Waals surface area contributed by atoms with Gasteiger partial charge in [0.2, 0.25) is 0 Å². The lowest BCUT2D eigenvalue weighted by Crippen LogP contribution is -2.37. The number of nitrogens with one attached hydrogen (secondary N) is 2. The number of guanidine groups is 1. The van der Waals surface area contributed by atoms with Gasteiger partial charge in [0.15, 0.2) is 5.96 Å². The van der Waals surface area contributed by atoms with E-state index in [9.17, 15) is 12.8 Å². The van der Waals surface area contributed by atoms with Gasteiger partial charge in [0.05, 0.1) is 0 Å². The quantitative estimate of drug-likeness (QED) is 0.478. The molecule has 0 saturated carbocycles. The van der Waals surface area contributed by atoms with Gasteiger partial charge in [0, 0.05) is 43.7 Å². The highest BCUT2D eigenvalue weighted by Gasteiger charge is 2.23. The van der Waals surface area contributed by atoms with Gasteiger partial charge in [0.1, 0.15) is 10.0 Å². The molecule has 0 saturated heterocycles. The van der Waals surface area contributed by atoms with Crippen molar-refractivity contribution in [3.8, 4) is 0 Å². The molecule has 0 spiro atoms. The number of aliphatic imine (C=N–C) groups is 1. The molecule has 0 aliphatic rings. The van der Waals surface area contributed by atoms with Crippen LogP contribution in [0.15, 0.2) is 45.6 Å². The van der Waals surface area contributed by atoms with Crippen LogP contribution in [0, 0.1) is 5.82 Å². The number of rotatable bonds is 9. The van der Waals surface area contributed by atoms with Gasteiger partial charge in [0.25, 0.3) is 10.0 Å². The van der Waals surface area contributed by atoms with Gasteiger partial charge < -0.3 is 10.6 Å². The molecule has 0 bridgehead atoms. The summed E-state index contributed by atoms with van der Waals surface area (Å²) in [6.45, 7) is 5.49. The van der Waals surface area contributed by atoms with E-state index in [1.54, 1.807) is 31.3 Å².